The van der Waals surface area contributed by atoms with Gasteiger partial charge in [0.25, 0.3) is 0 Å². The number of benzene rings is 2. The van der Waals surface area contributed by atoms with Gasteiger partial charge in [0.15, 0.2) is 0 Å². The van der Waals surface area contributed by atoms with Crippen molar-refractivity contribution in [2.75, 3.05) is 6.54 Å². The summed E-state index contributed by atoms with van der Waals surface area (Å²) in [6.07, 6.45) is 3.07. The van der Waals surface area contributed by atoms with E-state index in [4.69, 9.17) is 5.73 Å². The first-order valence-electron chi connectivity index (χ1n) is 6.76. The molecule has 2 heteroatoms. The lowest BCUT2D eigenvalue weighted by Crippen LogP contribution is -2.35. The third-order valence-corrected chi connectivity index (χ3v) is 4.31. The lowest BCUT2D eigenvalue weighted by Gasteiger charge is -2.29. The summed E-state index contributed by atoms with van der Waals surface area (Å²) in [5.74, 6) is -0.183. The largest absolute Gasteiger partial charge is 0.330 e. The molecule has 1 nitrogen and oxygen atoms in total. The maximum atomic E-state index is 13.0. The molecule has 3 rings (SSSR count). The molecule has 98 valence electrons. The molecule has 1 unspecified atom stereocenters. The summed E-state index contributed by atoms with van der Waals surface area (Å²) in [7, 11) is 0. The zero-order valence-electron chi connectivity index (χ0n) is 10.9. The number of fused-ring (bicyclic) bond motifs is 1. The minimum Gasteiger partial charge on any atom is -0.330 e. The average molecular weight is 255 g/mol. The standard InChI is InChI=1S/C17H18FN/c18-15-7-5-13(6-8-15)11-17(12-19)10-9-14-3-1-2-4-16(14)17/h1-8H,9-12,19H2. The first-order valence-corrected chi connectivity index (χ1v) is 6.76. The number of hydrogen-bond donors (Lipinski definition) is 1. The molecule has 2 aromatic rings. The van der Waals surface area contributed by atoms with Crippen LogP contribution in [0.1, 0.15) is 23.1 Å². The van der Waals surface area contributed by atoms with Crippen molar-refractivity contribution in [3.63, 3.8) is 0 Å². The highest BCUT2D eigenvalue weighted by atomic mass is 19.1. The smallest absolute Gasteiger partial charge is 0.123 e. The van der Waals surface area contributed by atoms with E-state index in [1.807, 2.05) is 12.1 Å². The van der Waals surface area contributed by atoms with Crippen molar-refractivity contribution in [1.82, 2.24) is 0 Å². The molecule has 0 fully saturated rings. The van der Waals surface area contributed by atoms with E-state index >= 15 is 0 Å². The molecule has 19 heavy (non-hydrogen) atoms. The molecular weight excluding hydrogens is 237 g/mol. The molecule has 0 spiro atoms. The molecular formula is C17H18FN. The van der Waals surface area contributed by atoms with Crippen molar-refractivity contribution in [2.24, 2.45) is 5.73 Å². The third kappa shape index (κ3) is 2.17. The number of hydrogen-bond acceptors (Lipinski definition) is 1. The van der Waals surface area contributed by atoms with Gasteiger partial charge in [0.2, 0.25) is 0 Å². The van der Waals surface area contributed by atoms with E-state index in [1.165, 1.54) is 23.3 Å². The topological polar surface area (TPSA) is 26.0 Å². The van der Waals surface area contributed by atoms with Gasteiger partial charge in [-0.3, -0.25) is 0 Å². The van der Waals surface area contributed by atoms with Gasteiger partial charge in [-0.05, 0) is 48.1 Å². The average Bonchev–Trinajstić information content (AvgIpc) is 2.81. The number of nitrogens with two attached hydrogens (primary N) is 1. The van der Waals surface area contributed by atoms with E-state index in [1.54, 1.807) is 0 Å². The second-order valence-electron chi connectivity index (χ2n) is 5.44. The zero-order chi connectivity index (χ0) is 13.3. The van der Waals surface area contributed by atoms with Crippen LogP contribution in [0.5, 0.6) is 0 Å². The van der Waals surface area contributed by atoms with E-state index in [-0.39, 0.29) is 11.2 Å². The Morgan fingerprint density at radius 1 is 1.05 bits per heavy atom. The maximum Gasteiger partial charge on any atom is 0.123 e. The fourth-order valence-electron chi connectivity index (χ4n) is 3.23. The van der Waals surface area contributed by atoms with E-state index in [0.29, 0.717) is 6.54 Å². The first-order chi connectivity index (χ1) is 9.23. The normalized spacial score (nSPS) is 21.4. The molecule has 2 aromatic carbocycles. The van der Waals surface area contributed by atoms with Crippen LogP contribution in [0.25, 0.3) is 0 Å². The second-order valence-corrected chi connectivity index (χ2v) is 5.44. The van der Waals surface area contributed by atoms with Crippen molar-refractivity contribution in [2.45, 2.75) is 24.7 Å². The SMILES string of the molecule is NCC1(Cc2ccc(F)cc2)CCc2ccccc21. The zero-order valence-corrected chi connectivity index (χ0v) is 10.9. The van der Waals surface area contributed by atoms with Crippen LogP contribution < -0.4 is 5.73 Å². The van der Waals surface area contributed by atoms with Crippen LogP contribution >= 0.6 is 0 Å². The molecule has 2 N–H and O–H groups in total. The molecule has 0 aliphatic heterocycles. The molecule has 0 bridgehead atoms. The van der Waals surface area contributed by atoms with Crippen LogP contribution in [0.2, 0.25) is 0 Å². The Hall–Kier alpha value is -1.67. The molecule has 1 aliphatic carbocycles. The van der Waals surface area contributed by atoms with Crippen molar-refractivity contribution >= 4 is 0 Å². The highest BCUT2D eigenvalue weighted by Gasteiger charge is 2.37. The van der Waals surface area contributed by atoms with Gasteiger partial charge in [-0.15, -0.1) is 0 Å². The van der Waals surface area contributed by atoms with Gasteiger partial charge in [0.05, 0.1) is 0 Å². The van der Waals surface area contributed by atoms with Gasteiger partial charge < -0.3 is 5.73 Å². The maximum absolute atomic E-state index is 13.0. The van der Waals surface area contributed by atoms with Gasteiger partial charge in [0.1, 0.15) is 5.82 Å². The van der Waals surface area contributed by atoms with Crippen molar-refractivity contribution in [3.8, 4) is 0 Å². The lowest BCUT2D eigenvalue weighted by molar-refractivity contribution is 0.431. The lowest BCUT2D eigenvalue weighted by atomic mass is 9.76. The van der Waals surface area contributed by atoms with Gasteiger partial charge >= 0.3 is 0 Å². The summed E-state index contributed by atoms with van der Waals surface area (Å²) in [6, 6.07) is 15.3. The van der Waals surface area contributed by atoms with Crippen LogP contribution in [-0.4, -0.2) is 6.54 Å². The van der Waals surface area contributed by atoms with Crippen molar-refractivity contribution in [1.29, 1.82) is 0 Å². The predicted molar refractivity (Wildman–Crippen MR) is 75.6 cm³/mol. The van der Waals surface area contributed by atoms with Gasteiger partial charge in [-0.1, -0.05) is 36.4 Å². The van der Waals surface area contributed by atoms with Crippen LogP contribution in [0.15, 0.2) is 48.5 Å². The predicted octanol–water partition coefficient (Wildman–Crippen LogP) is 3.21. The fourth-order valence-corrected chi connectivity index (χ4v) is 3.23. The van der Waals surface area contributed by atoms with Gasteiger partial charge in [0, 0.05) is 12.0 Å². The van der Waals surface area contributed by atoms with Crippen molar-refractivity contribution < 1.29 is 4.39 Å². The Labute approximate surface area is 113 Å². The molecule has 0 amide bonds. The Bertz CT molecular complexity index is 576. The highest BCUT2D eigenvalue weighted by molar-refractivity contribution is 5.41. The van der Waals surface area contributed by atoms with Crippen LogP contribution in [0.4, 0.5) is 4.39 Å². The van der Waals surface area contributed by atoms with Crippen LogP contribution in [0.3, 0.4) is 0 Å². The molecule has 0 saturated heterocycles. The fraction of sp³-hybridized carbons (Fsp3) is 0.294. The van der Waals surface area contributed by atoms with Crippen LogP contribution in [-0.2, 0) is 18.3 Å². The number of aryl methyl sites for hydroxylation is 1. The van der Waals surface area contributed by atoms with Gasteiger partial charge in [-0.2, -0.15) is 0 Å². The summed E-state index contributed by atoms with van der Waals surface area (Å²) in [5.41, 5.74) is 10.1. The Morgan fingerprint density at radius 3 is 2.53 bits per heavy atom. The van der Waals surface area contributed by atoms with Crippen molar-refractivity contribution in [3.05, 3.63) is 71.0 Å². The molecule has 0 radical (unpaired) electrons. The number of halogens is 1. The minimum atomic E-state index is -0.183. The first kappa shape index (κ1) is 12.4. The highest BCUT2D eigenvalue weighted by Crippen LogP contribution is 2.40. The monoisotopic (exact) mass is 255 g/mol. The summed E-state index contributed by atoms with van der Waals surface area (Å²) in [5, 5.41) is 0. The summed E-state index contributed by atoms with van der Waals surface area (Å²) in [6.45, 7) is 0.640. The van der Waals surface area contributed by atoms with E-state index < -0.39 is 0 Å². The van der Waals surface area contributed by atoms with Gasteiger partial charge in [-0.25, -0.2) is 4.39 Å². The molecule has 1 atom stereocenters. The molecule has 0 saturated carbocycles. The van der Waals surface area contributed by atoms with Crippen LogP contribution in [0, 0.1) is 5.82 Å². The number of rotatable bonds is 3. The summed E-state index contributed by atoms with van der Waals surface area (Å²) >= 11 is 0. The summed E-state index contributed by atoms with van der Waals surface area (Å²) in [4.78, 5) is 0. The minimum absolute atomic E-state index is 0.0222. The van der Waals surface area contributed by atoms with E-state index in [0.717, 1.165) is 24.8 Å². The Balaban J connectivity index is 1.95. The van der Waals surface area contributed by atoms with E-state index in [2.05, 4.69) is 24.3 Å². The second kappa shape index (κ2) is 4.78. The molecule has 0 aromatic heterocycles. The Kier molecular flexibility index (Phi) is 3.11. The van der Waals surface area contributed by atoms with E-state index in [9.17, 15) is 4.39 Å². The molecule has 0 heterocycles. The molecule has 1 aliphatic rings. The Morgan fingerprint density at radius 2 is 1.79 bits per heavy atom. The summed E-state index contributed by atoms with van der Waals surface area (Å²) < 4.78 is 13.0. The third-order valence-electron chi connectivity index (χ3n) is 4.31. The quantitative estimate of drug-likeness (QED) is 0.895.